The van der Waals surface area contributed by atoms with E-state index in [1.54, 1.807) is 19.4 Å². The number of methoxy groups -OCH3 is 1. The van der Waals surface area contributed by atoms with E-state index in [2.05, 4.69) is 49.5 Å². The maximum absolute atomic E-state index is 15.7. The molecule has 6 rings (SSSR count). The predicted octanol–water partition coefficient (Wildman–Crippen LogP) is 9.25. The van der Waals surface area contributed by atoms with Gasteiger partial charge in [-0.05, 0) is 84.8 Å². The van der Waals surface area contributed by atoms with Crippen molar-refractivity contribution >= 4 is 31.1 Å². The molecule has 10 nitrogen and oxygen atoms in total. The van der Waals surface area contributed by atoms with Crippen molar-refractivity contribution in [2.24, 2.45) is 0 Å². The van der Waals surface area contributed by atoms with Gasteiger partial charge in [-0.2, -0.15) is 5.10 Å². The fourth-order valence-electron chi connectivity index (χ4n) is 6.41. The second-order valence-electron chi connectivity index (χ2n) is 16.7. The molecule has 1 saturated carbocycles. The van der Waals surface area contributed by atoms with Crippen LogP contribution in [-0.4, -0.2) is 53.2 Å². The van der Waals surface area contributed by atoms with Gasteiger partial charge in [-0.3, -0.25) is 4.79 Å². The second kappa shape index (κ2) is 15.1. The molecular weight excluding hydrogens is 688 g/mol. The smallest absolute Gasteiger partial charge is 0.288 e. The topological polar surface area (TPSA) is 116 Å². The third-order valence-electron chi connectivity index (χ3n) is 10.6. The molecule has 0 bridgehead atoms. The number of hydrogen-bond acceptors (Lipinski definition) is 8. The van der Waals surface area contributed by atoms with Crippen LogP contribution in [0, 0.1) is 5.82 Å². The van der Waals surface area contributed by atoms with Crippen LogP contribution in [-0.2, 0) is 22.9 Å². The van der Waals surface area contributed by atoms with Gasteiger partial charge in [0.05, 0.1) is 25.2 Å². The summed E-state index contributed by atoms with van der Waals surface area (Å²) in [7, 11) is -0.209. The number of anilines is 1. The van der Waals surface area contributed by atoms with Crippen LogP contribution in [0.4, 0.5) is 10.2 Å². The van der Waals surface area contributed by atoms with Crippen molar-refractivity contribution in [3.8, 4) is 16.9 Å². The number of oxazole rings is 1. The van der Waals surface area contributed by atoms with Crippen molar-refractivity contribution in [3.05, 3.63) is 89.5 Å². The normalized spacial score (nSPS) is 16.9. The van der Waals surface area contributed by atoms with Crippen LogP contribution in [0.1, 0.15) is 94.8 Å². The Morgan fingerprint density at radius 2 is 1.72 bits per heavy atom. The molecule has 0 saturated heterocycles. The first kappa shape index (κ1) is 38.2. The molecule has 0 atom stereocenters. The summed E-state index contributed by atoms with van der Waals surface area (Å²) in [5, 5.41) is 12.6. The van der Waals surface area contributed by atoms with Crippen LogP contribution in [0.5, 0.6) is 5.75 Å². The summed E-state index contributed by atoms with van der Waals surface area (Å²) in [6, 6.07) is 15.1. The third kappa shape index (κ3) is 8.65. The van der Waals surface area contributed by atoms with Gasteiger partial charge in [-0.1, -0.05) is 65.8 Å². The minimum atomic E-state index is -1.86. The molecule has 1 fully saturated rings. The SMILES string of the molecule is COc1ccc(Cn2nc(N[C@H]3CC[C@H](O[Si](C)(C)C(C)(C)C)CC3)c3c(-c4ccc(CNC(=O)c5cnc(C(C)(C)C)o5)c(F)c4)ccnc32)cc1. The van der Waals surface area contributed by atoms with Gasteiger partial charge in [0.1, 0.15) is 11.6 Å². The van der Waals surface area contributed by atoms with Crippen LogP contribution in [0.2, 0.25) is 18.1 Å². The van der Waals surface area contributed by atoms with E-state index in [-0.39, 0.29) is 34.9 Å². The number of nitrogens with one attached hydrogen (secondary N) is 2. The maximum Gasteiger partial charge on any atom is 0.288 e. The Kier molecular flexibility index (Phi) is 10.8. The highest BCUT2D eigenvalue weighted by molar-refractivity contribution is 6.74. The first-order valence-electron chi connectivity index (χ1n) is 18.5. The molecule has 5 aromatic rings. The Morgan fingerprint density at radius 1 is 1.00 bits per heavy atom. The Morgan fingerprint density at radius 3 is 2.34 bits per heavy atom. The number of ether oxygens (including phenoxy) is 1. The monoisotopic (exact) mass is 740 g/mol. The Labute approximate surface area is 313 Å². The molecule has 0 unspecified atom stereocenters. The molecular formula is C41H53FN6O4Si. The van der Waals surface area contributed by atoms with Crippen LogP contribution in [0.3, 0.4) is 0 Å². The molecule has 282 valence electrons. The highest BCUT2D eigenvalue weighted by Crippen LogP contribution is 2.40. The van der Waals surface area contributed by atoms with Crippen molar-refractivity contribution in [3.63, 3.8) is 0 Å². The quantitative estimate of drug-likeness (QED) is 0.129. The van der Waals surface area contributed by atoms with E-state index in [1.165, 1.54) is 12.3 Å². The average Bonchev–Trinajstić information content (AvgIpc) is 3.75. The van der Waals surface area contributed by atoms with Crippen LogP contribution in [0.15, 0.2) is 65.3 Å². The summed E-state index contributed by atoms with van der Waals surface area (Å²) in [5.41, 5.74) is 3.28. The summed E-state index contributed by atoms with van der Waals surface area (Å²) in [5.74, 6) is 1.19. The zero-order valence-corrected chi connectivity index (χ0v) is 33.5. The molecule has 0 aliphatic heterocycles. The van der Waals surface area contributed by atoms with E-state index in [0.717, 1.165) is 53.8 Å². The number of fused-ring (bicyclic) bond motifs is 1. The number of amides is 1. The molecule has 1 aliphatic carbocycles. The molecule has 1 aliphatic rings. The first-order valence-corrected chi connectivity index (χ1v) is 21.4. The van der Waals surface area contributed by atoms with E-state index in [4.69, 9.17) is 23.7 Å². The molecule has 3 heterocycles. The number of aromatic nitrogens is 4. The lowest BCUT2D eigenvalue weighted by molar-refractivity contribution is 0.0919. The molecule has 2 N–H and O–H groups in total. The third-order valence-corrected chi connectivity index (χ3v) is 15.1. The van der Waals surface area contributed by atoms with E-state index in [1.807, 2.05) is 61.9 Å². The highest BCUT2D eigenvalue weighted by atomic mass is 28.4. The summed E-state index contributed by atoms with van der Waals surface area (Å²) in [6.45, 7) is 17.8. The molecule has 0 spiro atoms. The van der Waals surface area contributed by atoms with Crippen molar-refractivity contribution in [1.82, 2.24) is 25.1 Å². The van der Waals surface area contributed by atoms with Crippen molar-refractivity contribution in [2.45, 2.75) is 116 Å². The van der Waals surface area contributed by atoms with Gasteiger partial charge in [-0.15, -0.1) is 0 Å². The van der Waals surface area contributed by atoms with Crippen LogP contribution in [0.25, 0.3) is 22.2 Å². The van der Waals surface area contributed by atoms with Gasteiger partial charge >= 0.3 is 0 Å². The zero-order valence-electron chi connectivity index (χ0n) is 32.5. The van der Waals surface area contributed by atoms with Gasteiger partial charge < -0.3 is 24.2 Å². The Bertz CT molecular complexity index is 2050. The zero-order chi connectivity index (χ0) is 38.1. The predicted molar refractivity (Wildman–Crippen MR) is 209 cm³/mol. The first-order chi connectivity index (χ1) is 25.0. The summed E-state index contributed by atoms with van der Waals surface area (Å²) >= 11 is 0. The Hall–Kier alpha value is -4.55. The fourth-order valence-corrected chi connectivity index (χ4v) is 7.83. The molecule has 12 heteroatoms. The van der Waals surface area contributed by atoms with Gasteiger partial charge in [0.15, 0.2) is 19.8 Å². The van der Waals surface area contributed by atoms with Gasteiger partial charge in [0, 0.05) is 35.9 Å². The lowest BCUT2D eigenvalue weighted by Gasteiger charge is -2.41. The minimum absolute atomic E-state index is 0.00331. The highest BCUT2D eigenvalue weighted by Gasteiger charge is 2.40. The number of carbonyl (C=O) groups is 1. The number of pyridine rings is 1. The average molecular weight is 741 g/mol. The number of benzene rings is 2. The number of halogens is 1. The second-order valence-corrected chi connectivity index (χ2v) is 21.4. The number of carbonyl (C=O) groups excluding carboxylic acids is 1. The number of nitrogens with zero attached hydrogens (tertiary/aromatic N) is 4. The van der Waals surface area contributed by atoms with Crippen molar-refractivity contribution in [2.75, 3.05) is 12.4 Å². The maximum atomic E-state index is 15.7. The molecule has 0 radical (unpaired) electrons. The standard InChI is InChI=1S/C41H53FN6O4Si/c1-40(2,3)39-45-24-34(51-39)38(49)44-23-28-13-12-27(22-33(28)42)32-20-21-43-37-35(32)36(47-48(37)25-26-10-16-30(50-7)17-11-26)46-29-14-18-31(19-15-29)52-53(8,9)41(4,5)6/h10-13,16-17,20-22,24,29,31H,14-15,18-19,23,25H2,1-9H3,(H,44,49)(H,46,47)/t29-,31-. The summed E-state index contributed by atoms with van der Waals surface area (Å²) in [6.07, 6.45) is 7.29. The number of hydrogen-bond donors (Lipinski definition) is 2. The number of rotatable bonds is 11. The van der Waals surface area contributed by atoms with Crippen LogP contribution >= 0.6 is 0 Å². The lowest BCUT2D eigenvalue weighted by atomic mass is 9.93. The van der Waals surface area contributed by atoms with E-state index in [0.29, 0.717) is 29.2 Å². The van der Waals surface area contributed by atoms with E-state index < -0.39 is 20.0 Å². The fraction of sp³-hybridized carbons (Fsp3) is 0.463. The summed E-state index contributed by atoms with van der Waals surface area (Å²) in [4.78, 5) is 21.8. The summed E-state index contributed by atoms with van der Waals surface area (Å²) < 4.78 is 35.4. The lowest BCUT2D eigenvalue weighted by Crippen LogP contribution is -2.45. The van der Waals surface area contributed by atoms with Crippen molar-refractivity contribution in [1.29, 1.82) is 0 Å². The molecule has 2 aromatic carbocycles. The van der Waals surface area contributed by atoms with Crippen molar-refractivity contribution < 1.29 is 22.8 Å². The van der Waals surface area contributed by atoms with Gasteiger partial charge in [-0.25, -0.2) is 19.0 Å². The molecule has 53 heavy (non-hydrogen) atoms. The largest absolute Gasteiger partial charge is 0.497 e. The molecule has 3 aromatic heterocycles. The van der Waals surface area contributed by atoms with E-state index >= 15 is 4.39 Å². The van der Waals surface area contributed by atoms with Crippen LogP contribution < -0.4 is 15.4 Å². The van der Waals surface area contributed by atoms with Gasteiger partial charge in [0.25, 0.3) is 5.91 Å². The minimum Gasteiger partial charge on any atom is -0.497 e. The van der Waals surface area contributed by atoms with Gasteiger partial charge in [0.2, 0.25) is 11.7 Å². The molecule has 1 amide bonds. The van der Waals surface area contributed by atoms with E-state index in [9.17, 15) is 4.79 Å². The Balaban J connectivity index is 1.25.